The fraction of sp³-hybridized carbons (Fsp3) is 0.250. The Morgan fingerprint density at radius 3 is 2.45 bits per heavy atom. The number of hydroxylamine groups is 2. The van der Waals surface area contributed by atoms with Gasteiger partial charge in [-0.1, -0.05) is 0 Å². The zero-order valence-corrected chi connectivity index (χ0v) is 5.40. The molecule has 2 N–H and O–H groups in total. The molecule has 0 bridgehead atoms. The smallest absolute Gasteiger partial charge is 0.338 e. The Hall–Kier alpha value is -1.63. The summed E-state index contributed by atoms with van der Waals surface area (Å²) in [4.78, 5) is 37.6. The van der Waals surface area contributed by atoms with Crippen molar-refractivity contribution in [2.45, 2.75) is 0 Å². The second kappa shape index (κ2) is 6.49. The standard InChI is InChI=1S/C4H6N2O5/c7-2-5-10-1-4(9)11-6-3-8/h2-3H,1H2,(H,5,7)(H,6,8). The zero-order valence-electron chi connectivity index (χ0n) is 5.40. The highest BCUT2D eigenvalue weighted by molar-refractivity contribution is 5.71. The van der Waals surface area contributed by atoms with E-state index in [1.807, 2.05) is 0 Å². The van der Waals surface area contributed by atoms with Crippen molar-refractivity contribution in [1.82, 2.24) is 11.0 Å². The van der Waals surface area contributed by atoms with Gasteiger partial charge in [-0.2, -0.15) is 5.48 Å². The first-order valence-corrected chi connectivity index (χ1v) is 2.51. The minimum atomic E-state index is -0.827. The van der Waals surface area contributed by atoms with Crippen LogP contribution in [0.25, 0.3) is 0 Å². The predicted octanol–water partition coefficient (Wildman–Crippen LogP) is -2.13. The maximum atomic E-state index is 10.4. The second-order valence-electron chi connectivity index (χ2n) is 1.23. The molecule has 7 heteroatoms. The van der Waals surface area contributed by atoms with Gasteiger partial charge in [-0.25, -0.2) is 10.3 Å². The van der Waals surface area contributed by atoms with Crippen LogP contribution in [0.1, 0.15) is 0 Å². The molecule has 0 aromatic rings. The van der Waals surface area contributed by atoms with Gasteiger partial charge in [-0.05, 0) is 0 Å². The molecule has 62 valence electrons. The van der Waals surface area contributed by atoms with Crippen LogP contribution in [0.4, 0.5) is 0 Å². The lowest BCUT2D eigenvalue weighted by atomic mass is 10.8. The Morgan fingerprint density at radius 1 is 1.27 bits per heavy atom. The SMILES string of the molecule is O=CNOCC(=O)ONC=O. The summed E-state index contributed by atoms with van der Waals surface area (Å²) < 4.78 is 0. The van der Waals surface area contributed by atoms with Gasteiger partial charge in [0.1, 0.15) is 0 Å². The van der Waals surface area contributed by atoms with Crippen molar-refractivity contribution in [2.75, 3.05) is 6.61 Å². The van der Waals surface area contributed by atoms with Gasteiger partial charge in [0.2, 0.25) is 12.8 Å². The highest BCUT2D eigenvalue weighted by atomic mass is 16.7. The fourth-order valence-corrected chi connectivity index (χ4v) is 0.254. The topological polar surface area (TPSA) is 93.7 Å². The molecule has 7 nitrogen and oxygen atoms in total. The van der Waals surface area contributed by atoms with Gasteiger partial charge in [0.25, 0.3) is 0 Å². The molecule has 0 rings (SSSR count). The summed E-state index contributed by atoms with van der Waals surface area (Å²) in [5.41, 5.74) is 3.41. The van der Waals surface area contributed by atoms with Crippen molar-refractivity contribution in [3.63, 3.8) is 0 Å². The van der Waals surface area contributed by atoms with Crippen LogP contribution in [-0.2, 0) is 24.1 Å². The molecule has 0 radical (unpaired) electrons. The average molecular weight is 162 g/mol. The van der Waals surface area contributed by atoms with Crippen molar-refractivity contribution in [3.05, 3.63) is 0 Å². The lowest BCUT2D eigenvalue weighted by molar-refractivity contribution is -0.162. The number of amides is 2. The highest BCUT2D eigenvalue weighted by Crippen LogP contribution is 1.71. The van der Waals surface area contributed by atoms with E-state index in [2.05, 4.69) is 9.68 Å². The lowest BCUT2D eigenvalue weighted by Gasteiger charge is -1.99. The Kier molecular flexibility index (Phi) is 5.53. The molecule has 2 amide bonds. The number of hydrogen-bond acceptors (Lipinski definition) is 5. The Bertz CT molecular complexity index is 147. The summed E-state index contributed by atoms with van der Waals surface area (Å²) in [6, 6.07) is 0. The number of hydrogen-bond donors (Lipinski definition) is 2. The minimum absolute atomic E-state index is 0.186. The first-order chi connectivity index (χ1) is 5.31. The maximum absolute atomic E-state index is 10.4. The molecular weight excluding hydrogens is 156 g/mol. The Labute approximate surface area is 61.6 Å². The summed E-state index contributed by atoms with van der Waals surface area (Å²) in [5, 5.41) is 0. The van der Waals surface area contributed by atoms with E-state index in [-0.39, 0.29) is 12.8 Å². The minimum Gasteiger partial charge on any atom is -0.338 e. The van der Waals surface area contributed by atoms with Gasteiger partial charge in [0.15, 0.2) is 6.61 Å². The van der Waals surface area contributed by atoms with Gasteiger partial charge in [0.05, 0.1) is 0 Å². The normalized spacial score (nSPS) is 8.00. The molecular formula is C4H6N2O5. The van der Waals surface area contributed by atoms with E-state index in [4.69, 9.17) is 0 Å². The third-order valence-corrected chi connectivity index (χ3v) is 0.542. The van der Waals surface area contributed by atoms with Crippen LogP contribution in [0.5, 0.6) is 0 Å². The fourth-order valence-electron chi connectivity index (χ4n) is 0.254. The summed E-state index contributed by atoms with van der Waals surface area (Å²) in [7, 11) is 0. The molecule has 0 aliphatic rings. The lowest BCUT2D eigenvalue weighted by Crippen LogP contribution is -2.25. The molecule has 11 heavy (non-hydrogen) atoms. The van der Waals surface area contributed by atoms with E-state index in [1.54, 1.807) is 11.0 Å². The van der Waals surface area contributed by atoms with Crippen LogP contribution >= 0.6 is 0 Å². The van der Waals surface area contributed by atoms with Gasteiger partial charge in [-0.3, -0.25) is 14.4 Å². The molecule has 0 atom stereocenters. The van der Waals surface area contributed by atoms with Crippen LogP contribution in [0.15, 0.2) is 0 Å². The highest BCUT2D eigenvalue weighted by Gasteiger charge is 2.00. The van der Waals surface area contributed by atoms with E-state index < -0.39 is 12.6 Å². The molecule has 0 aromatic carbocycles. The third-order valence-electron chi connectivity index (χ3n) is 0.542. The first kappa shape index (κ1) is 9.37. The summed E-state index contributed by atoms with van der Waals surface area (Å²) >= 11 is 0. The van der Waals surface area contributed by atoms with Crippen LogP contribution in [-0.4, -0.2) is 25.4 Å². The molecule has 0 unspecified atom stereocenters. The molecule has 0 saturated carbocycles. The van der Waals surface area contributed by atoms with Gasteiger partial charge in [0, 0.05) is 0 Å². The van der Waals surface area contributed by atoms with Gasteiger partial charge in [-0.15, -0.1) is 0 Å². The number of carbonyl (C=O) groups is 3. The molecule has 0 aliphatic heterocycles. The van der Waals surface area contributed by atoms with Crippen LogP contribution in [0, 0.1) is 0 Å². The van der Waals surface area contributed by atoms with Gasteiger partial charge >= 0.3 is 5.97 Å². The van der Waals surface area contributed by atoms with E-state index >= 15 is 0 Å². The number of carbonyl (C=O) groups excluding carboxylic acids is 3. The van der Waals surface area contributed by atoms with E-state index in [0.29, 0.717) is 0 Å². The first-order valence-electron chi connectivity index (χ1n) is 2.51. The average Bonchev–Trinajstić information content (AvgIpc) is 2.01. The molecule has 0 saturated heterocycles. The predicted molar refractivity (Wildman–Crippen MR) is 30.4 cm³/mol. The summed E-state index contributed by atoms with van der Waals surface area (Å²) in [6.07, 6.45) is 0.436. The zero-order chi connectivity index (χ0) is 8.53. The van der Waals surface area contributed by atoms with Crippen molar-refractivity contribution < 1.29 is 24.1 Å². The third kappa shape index (κ3) is 6.25. The Morgan fingerprint density at radius 2 is 1.91 bits per heavy atom. The van der Waals surface area contributed by atoms with E-state index in [0.717, 1.165) is 0 Å². The molecule has 0 heterocycles. The number of rotatable bonds is 6. The second-order valence-corrected chi connectivity index (χ2v) is 1.23. The van der Waals surface area contributed by atoms with Crippen molar-refractivity contribution >= 4 is 18.8 Å². The quantitative estimate of drug-likeness (QED) is 0.264. The van der Waals surface area contributed by atoms with Crippen molar-refractivity contribution in [1.29, 1.82) is 0 Å². The molecule has 0 aromatic heterocycles. The van der Waals surface area contributed by atoms with Crippen molar-refractivity contribution in [3.8, 4) is 0 Å². The Balaban J connectivity index is 3.21. The summed E-state index contributed by atoms with van der Waals surface area (Å²) in [6.45, 7) is -0.473. The van der Waals surface area contributed by atoms with Crippen molar-refractivity contribution in [2.24, 2.45) is 0 Å². The van der Waals surface area contributed by atoms with Crippen LogP contribution in [0.3, 0.4) is 0 Å². The molecule has 0 spiro atoms. The monoisotopic (exact) mass is 162 g/mol. The molecule has 0 aliphatic carbocycles. The largest absolute Gasteiger partial charge is 0.360 e. The molecule has 0 fully saturated rings. The number of nitrogens with one attached hydrogen (secondary N) is 2. The van der Waals surface area contributed by atoms with Gasteiger partial charge < -0.3 is 4.84 Å². The van der Waals surface area contributed by atoms with E-state index in [1.165, 1.54) is 0 Å². The van der Waals surface area contributed by atoms with Crippen LogP contribution in [0.2, 0.25) is 0 Å². The summed E-state index contributed by atoms with van der Waals surface area (Å²) in [5.74, 6) is -0.827. The van der Waals surface area contributed by atoms with E-state index in [9.17, 15) is 14.4 Å². The van der Waals surface area contributed by atoms with Crippen LogP contribution < -0.4 is 11.0 Å². The maximum Gasteiger partial charge on any atom is 0.360 e.